The summed E-state index contributed by atoms with van der Waals surface area (Å²) in [6, 6.07) is 9.02. The third-order valence-electron chi connectivity index (χ3n) is 2.57. The van der Waals surface area contributed by atoms with Crippen molar-refractivity contribution < 1.29 is 0 Å². The number of aryl methyl sites for hydroxylation is 1. The predicted octanol–water partition coefficient (Wildman–Crippen LogP) is 3.54. The lowest BCUT2D eigenvalue weighted by molar-refractivity contribution is 0.955. The second-order valence-electron chi connectivity index (χ2n) is 3.78. The van der Waals surface area contributed by atoms with E-state index in [2.05, 4.69) is 0 Å². The minimum atomic E-state index is -0.0253. The van der Waals surface area contributed by atoms with Gasteiger partial charge < -0.3 is 4.57 Å². The molecule has 0 fully saturated rings. The Balaban J connectivity index is 2.59. The van der Waals surface area contributed by atoms with Crippen LogP contribution in [0.3, 0.4) is 0 Å². The molecule has 0 amide bonds. The first-order valence-corrected chi connectivity index (χ1v) is 6.07. The zero-order valence-electron chi connectivity index (χ0n) is 9.28. The van der Waals surface area contributed by atoms with Crippen LogP contribution in [0.15, 0.2) is 41.3 Å². The van der Waals surface area contributed by atoms with Crippen LogP contribution >= 0.6 is 23.2 Å². The van der Waals surface area contributed by atoms with E-state index in [1.54, 1.807) is 12.3 Å². The van der Waals surface area contributed by atoms with E-state index in [9.17, 15) is 4.79 Å². The van der Waals surface area contributed by atoms with Gasteiger partial charge in [-0.15, -0.1) is 11.6 Å². The fourth-order valence-corrected chi connectivity index (χ4v) is 1.98. The molecule has 1 aromatic heterocycles. The molecular formula is C13H11Cl2NO. The largest absolute Gasteiger partial charge is 0.321 e. The Hall–Kier alpha value is -1.25. The van der Waals surface area contributed by atoms with Gasteiger partial charge in [0.2, 0.25) is 0 Å². The second-order valence-corrected chi connectivity index (χ2v) is 4.49. The summed E-state index contributed by atoms with van der Waals surface area (Å²) in [5.74, 6) is 0.215. The molecule has 0 unspecified atom stereocenters. The topological polar surface area (TPSA) is 22.0 Å². The Labute approximate surface area is 109 Å². The molecular weight excluding hydrogens is 257 g/mol. The lowest BCUT2D eigenvalue weighted by atomic mass is 10.2. The smallest absolute Gasteiger partial charge is 0.186 e. The molecule has 2 nitrogen and oxygen atoms in total. The maximum Gasteiger partial charge on any atom is 0.186 e. The van der Waals surface area contributed by atoms with Crippen molar-refractivity contribution in [2.45, 2.75) is 12.8 Å². The van der Waals surface area contributed by atoms with Crippen molar-refractivity contribution in [3.8, 4) is 5.69 Å². The Bertz CT molecular complexity index is 587. The fraction of sp³-hybridized carbons (Fsp3) is 0.154. The maximum absolute atomic E-state index is 11.6. The molecule has 0 aliphatic rings. The van der Waals surface area contributed by atoms with Gasteiger partial charge in [0, 0.05) is 34.2 Å². The Morgan fingerprint density at radius 2 is 1.88 bits per heavy atom. The van der Waals surface area contributed by atoms with Gasteiger partial charge in [-0.1, -0.05) is 11.6 Å². The van der Waals surface area contributed by atoms with Gasteiger partial charge in [0.05, 0.1) is 5.88 Å². The minimum Gasteiger partial charge on any atom is -0.321 e. The van der Waals surface area contributed by atoms with E-state index in [1.807, 2.05) is 35.8 Å². The number of halogens is 2. The van der Waals surface area contributed by atoms with Gasteiger partial charge in [0.1, 0.15) is 0 Å². The summed E-state index contributed by atoms with van der Waals surface area (Å²) in [6.07, 6.45) is 1.77. The zero-order valence-corrected chi connectivity index (χ0v) is 10.8. The summed E-state index contributed by atoms with van der Waals surface area (Å²) >= 11 is 11.6. The third kappa shape index (κ3) is 2.54. The van der Waals surface area contributed by atoms with Crippen molar-refractivity contribution >= 4 is 23.2 Å². The van der Waals surface area contributed by atoms with E-state index in [-0.39, 0.29) is 11.3 Å². The van der Waals surface area contributed by atoms with E-state index in [0.717, 1.165) is 11.4 Å². The summed E-state index contributed by atoms with van der Waals surface area (Å²) in [4.78, 5) is 11.6. The molecule has 0 spiro atoms. The summed E-state index contributed by atoms with van der Waals surface area (Å²) in [6.45, 7) is 1.88. The van der Waals surface area contributed by atoms with E-state index in [4.69, 9.17) is 23.2 Å². The first kappa shape index (κ1) is 12.2. The fourth-order valence-electron chi connectivity index (χ4n) is 1.65. The van der Waals surface area contributed by atoms with Crippen LogP contribution in [-0.2, 0) is 5.88 Å². The lowest BCUT2D eigenvalue weighted by Gasteiger charge is -2.11. The van der Waals surface area contributed by atoms with Crippen molar-refractivity contribution in [1.29, 1.82) is 0 Å². The van der Waals surface area contributed by atoms with Gasteiger partial charge in [-0.2, -0.15) is 0 Å². The number of benzene rings is 1. The summed E-state index contributed by atoms with van der Waals surface area (Å²) < 4.78 is 1.93. The maximum atomic E-state index is 11.6. The molecule has 0 saturated heterocycles. The van der Waals surface area contributed by atoms with Crippen molar-refractivity contribution in [3.05, 3.63) is 63.0 Å². The van der Waals surface area contributed by atoms with Gasteiger partial charge in [-0.3, -0.25) is 4.79 Å². The van der Waals surface area contributed by atoms with E-state index < -0.39 is 0 Å². The molecule has 1 heterocycles. The van der Waals surface area contributed by atoms with Crippen molar-refractivity contribution in [2.75, 3.05) is 0 Å². The lowest BCUT2D eigenvalue weighted by Crippen LogP contribution is -2.12. The molecule has 0 saturated carbocycles. The molecule has 2 aromatic rings. The first-order valence-electron chi connectivity index (χ1n) is 5.16. The van der Waals surface area contributed by atoms with Crippen molar-refractivity contribution in [1.82, 2.24) is 4.57 Å². The van der Waals surface area contributed by atoms with Crippen LogP contribution in [0.5, 0.6) is 0 Å². The SMILES string of the molecule is Cc1cc(=O)c(CCl)cn1-c1ccc(Cl)cc1. The number of aromatic nitrogens is 1. The van der Waals surface area contributed by atoms with Gasteiger partial charge >= 0.3 is 0 Å². The molecule has 0 bridgehead atoms. The van der Waals surface area contributed by atoms with E-state index in [0.29, 0.717) is 10.6 Å². The minimum absolute atomic E-state index is 0.0253. The summed E-state index contributed by atoms with van der Waals surface area (Å²) in [5.41, 5.74) is 2.39. The average Bonchev–Trinajstić information content (AvgIpc) is 2.31. The number of alkyl halides is 1. The molecule has 2 rings (SSSR count). The van der Waals surface area contributed by atoms with Crippen LogP contribution in [0.25, 0.3) is 5.69 Å². The number of nitrogens with zero attached hydrogens (tertiary/aromatic N) is 1. The Kier molecular flexibility index (Phi) is 3.55. The standard InChI is InChI=1S/C13H11Cl2NO/c1-9-6-13(17)10(7-14)8-16(9)12-4-2-11(15)3-5-12/h2-6,8H,7H2,1H3. The van der Waals surface area contributed by atoms with E-state index >= 15 is 0 Å². The molecule has 0 atom stereocenters. The summed E-state index contributed by atoms with van der Waals surface area (Å²) in [7, 11) is 0. The second kappa shape index (κ2) is 4.94. The highest BCUT2D eigenvalue weighted by Crippen LogP contribution is 2.15. The number of hydrogen-bond donors (Lipinski definition) is 0. The third-order valence-corrected chi connectivity index (χ3v) is 3.11. The predicted molar refractivity (Wildman–Crippen MR) is 71.3 cm³/mol. The van der Waals surface area contributed by atoms with Gasteiger partial charge in [-0.05, 0) is 31.2 Å². The Morgan fingerprint density at radius 1 is 1.24 bits per heavy atom. The van der Waals surface area contributed by atoms with Crippen molar-refractivity contribution in [3.63, 3.8) is 0 Å². The highest BCUT2D eigenvalue weighted by Gasteiger charge is 2.04. The first-order chi connectivity index (χ1) is 8.11. The van der Waals surface area contributed by atoms with Gasteiger partial charge in [-0.25, -0.2) is 0 Å². The van der Waals surface area contributed by atoms with E-state index in [1.165, 1.54) is 0 Å². The van der Waals surface area contributed by atoms with Crippen LogP contribution in [-0.4, -0.2) is 4.57 Å². The van der Waals surface area contributed by atoms with Crippen LogP contribution in [0.1, 0.15) is 11.3 Å². The molecule has 0 N–H and O–H groups in total. The zero-order chi connectivity index (χ0) is 12.4. The van der Waals surface area contributed by atoms with Crippen LogP contribution in [0, 0.1) is 6.92 Å². The normalized spacial score (nSPS) is 10.5. The summed E-state index contributed by atoms with van der Waals surface area (Å²) in [5, 5.41) is 0.685. The number of pyridine rings is 1. The molecule has 0 aliphatic carbocycles. The van der Waals surface area contributed by atoms with Crippen LogP contribution in [0.2, 0.25) is 5.02 Å². The highest BCUT2D eigenvalue weighted by molar-refractivity contribution is 6.30. The molecule has 0 radical (unpaired) electrons. The highest BCUT2D eigenvalue weighted by atomic mass is 35.5. The molecule has 88 valence electrons. The Morgan fingerprint density at radius 3 is 2.47 bits per heavy atom. The number of hydrogen-bond acceptors (Lipinski definition) is 1. The van der Waals surface area contributed by atoms with Crippen molar-refractivity contribution in [2.24, 2.45) is 0 Å². The van der Waals surface area contributed by atoms with Crippen LogP contribution in [0.4, 0.5) is 0 Å². The van der Waals surface area contributed by atoms with Crippen LogP contribution < -0.4 is 5.43 Å². The molecule has 17 heavy (non-hydrogen) atoms. The molecule has 0 aliphatic heterocycles. The van der Waals surface area contributed by atoms with Gasteiger partial charge in [0.25, 0.3) is 0 Å². The monoisotopic (exact) mass is 267 g/mol. The molecule has 4 heteroatoms. The van der Waals surface area contributed by atoms with Gasteiger partial charge in [0.15, 0.2) is 5.43 Å². The number of rotatable bonds is 2. The quantitative estimate of drug-likeness (QED) is 0.763. The molecule has 1 aromatic carbocycles. The average molecular weight is 268 g/mol.